The zero-order valence-electron chi connectivity index (χ0n) is 11.3. The Labute approximate surface area is 117 Å². The third-order valence-corrected chi connectivity index (χ3v) is 3.12. The van der Waals surface area contributed by atoms with Crippen LogP contribution in [0, 0.1) is 6.92 Å². The van der Waals surface area contributed by atoms with E-state index in [0.717, 1.165) is 4.68 Å². The van der Waals surface area contributed by atoms with Crippen LogP contribution in [0.25, 0.3) is 11.0 Å². The molecular formula is C12H11N5O4. The molecule has 0 aliphatic carbocycles. The Bertz CT molecular complexity index is 904. The largest absolute Gasteiger partial charge is 0.478 e. The summed E-state index contributed by atoms with van der Waals surface area (Å²) in [5.41, 5.74) is 0.0885. The minimum Gasteiger partial charge on any atom is -0.478 e. The van der Waals surface area contributed by atoms with Gasteiger partial charge < -0.3 is 9.52 Å². The van der Waals surface area contributed by atoms with E-state index in [2.05, 4.69) is 15.4 Å². The van der Waals surface area contributed by atoms with E-state index in [1.54, 1.807) is 14.0 Å². The summed E-state index contributed by atoms with van der Waals surface area (Å²) >= 11 is 0. The second kappa shape index (κ2) is 4.54. The number of carboxylic acid groups (broad SMARTS) is 1. The van der Waals surface area contributed by atoms with Crippen molar-refractivity contribution < 1.29 is 14.3 Å². The second-order valence-corrected chi connectivity index (χ2v) is 4.55. The molecule has 3 heterocycles. The lowest BCUT2D eigenvalue weighted by Crippen LogP contribution is -2.24. The van der Waals surface area contributed by atoms with Gasteiger partial charge in [0.15, 0.2) is 5.65 Å². The van der Waals surface area contributed by atoms with Crippen molar-refractivity contribution in [3.63, 3.8) is 0 Å². The molecule has 21 heavy (non-hydrogen) atoms. The van der Waals surface area contributed by atoms with Crippen molar-refractivity contribution >= 4 is 17.0 Å². The molecule has 3 aromatic heterocycles. The summed E-state index contributed by atoms with van der Waals surface area (Å²) < 4.78 is 7.88. The molecule has 9 nitrogen and oxygen atoms in total. The molecular weight excluding hydrogens is 278 g/mol. The number of rotatable bonds is 3. The Hall–Kier alpha value is -2.97. The van der Waals surface area contributed by atoms with Crippen molar-refractivity contribution in [3.05, 3.63) is 39.7 Å². The van der Waals surface area contributed by atoms with Gasteiger partial charge >= 0.3 is 5.97 Å². The monoisotopic (exact) mass is 289 g/mol. The average molecular weight is 289 g/mol. The van der Waals surface area contributed by atoms with Crippen LogP contribution in [-0.2, 0) is 13.6 Å². The van der Waals surface area contributed by atoms with Crippen LogP contribution in [0.2, 0.25) is 0 Å². The first-order valence-electron chi connectivity index (χ1n) is 6.05. The SMILES string of the molecule is Cc1oc(Cn2nnc3c(cnn3C)c2=O)cc1C(=O)O. The molecule has 0 aliphatic heterocycles. The fourth-order valence-corrected chi connectivity index (χ4v) is 2.06. The van der Waals surface area contributed by atoms with Gasteiger partial charge in [-0.1, -0.05) is 5.21 Å². The zero-order chi connectivity index (χ0) is 15.1. The van der Waals surface area contributed by atoms with Gasteiger partial charge in [-0.05, 0) is 13.0 Å². The fourth-order valence-electron chi connectivity index (χ4n) is 2.06. The summed E-state index contributed by atoms with van der Waals surface area (Å²) in [4.78, 5) is 23.2. The van der Waals surface area contributed by atoms with E-state index in [1.807, 2.05) is 0 Å². The molecule has 0 radical (unpaired) electrons. The number of carbonyl (C=O) groups is 1. The minimum atomic E-state index is -1.08. The summed E-state index contributed by atoms with van der Waals surface area (Å²) in [6.45, 7) is 1.55. The van der Waals surface area contributed by atoms with E-state index in [4.69, 9.17) is 9.52 Å². The number of aryl methyl sites for hydroxylation is 2. The molecule has 0 spiro atoms. The van der Waals surface area contributed by atoms with Gasteiger partial charge in [0, 0.05) is 7.05 Å². The Morgan fingerprint density at radius 2 is 2.24 bits per heavy atom. The van der Waals surface area contributed by atoms with E-state index >= 15 is 0 Å². The smallest absolute Gasteiger partial charge is 0.339 e. The van der Waals surface area contributed by atoms with Crippen LogP contribution in [0.1, 0.15) is 21.9 Å². The topological polar surface area (TPSA) is 116 Å². The Morgan fingerprint density at radius 3 is 2.90 bits per heavy atom. The van der Waals surface area contributed by atoms with Crippen LogP contribution >= 0.6 is 0 Å². The van der Waals surface area contributed by atoms with Gasteiger partial charge in [0.2, 0.25) is 0 Å². The lowest BCUT2D eigenvalue weighted by atomic mass is 10.2. The van der Waals surface area contributed by atoms with Crippen molar-refractivity contribution in [2.24, 2.45) is 7.05 Å². The van der Waals surface area contributed by atoms with Crippen LogP contribution in [0.3, 0.4) is 0 Å². The molecule has 3 aromatic rings. The first-order valence-corrected chi connectivity index (χ1v) is 6.05. The third-order valence-electron chi connectivity index (χ3n) is 3.12. The first kappa shape index (κ1) is 13.0. The molecule has 0 aromatic carbocycles. The van der Waals surface area contributed by atoms with Gasteiger partial charge in [0.05, 0.1) is 6.20 Å². The number of hydrogen-bond acceptors (Lipinski definition) is 6. The van der Waals surface area contributed by atoms with Gasteiger partial charge in [-0.15, -0.1) is 5.10 Å². The molecule has 0 saturated carbocycles. The maximum Gasteiger partial charge on any atom is 0.339 e. The van der Waals surface area contributed by atoms with Crippen LogP contribution in [0.5, 0.6) is 0 Å². The van der Waals surface area contributed by atoms with E-state index < -0.39 is 5.97 Å². The highest BCUT2D eigenvalue weighted by Gasteiger charge is 2.16. The van der Waals surface area contributed by atoms with Crippen molar-refractivity contribution in [1.29, 1.82) is 0 Å². The predicted molar refractivity (Wildman–Crippen MR) is 70.1 cm³/mol. The summed E-state index contributed by atoms with van der Waals surface area (Å²) in [6.07, 6.45) is 1.42. The van der Waals surface area contributed by atoms with E-state index in [9.17, 15) is 9.59 Å². The maximum atomic E-state index is 12.2. The number of carboxylic acids is 1. The van der Waals surface area contributed by atoms with Gasteiger partial charge in [0.25, 0.3) is 5.56 Å². The van der Waals surface area contributed by atoms with Crippen molar-refractivity contribution in [3.8, 4) is 0 Å². The van der Waals surface area contributed by atoms with E-state index in [0.29, 0.717) is 16.8 Å². The number of nitrogens with zero attached hydrogens (tertiary/aromatic N) is 5. The van der Waals surface area contributed by atoms with Crippen LogP contribution < -0.4 is 5.56 Å². The number of aromatic nitrogens is 5. The molecule has 0 saturated heterocycles. The summed E-state index contributed by atoms with van der Waals surface area (Å²) in [7, 11) is 1.66. The molecule has 0 atom stereocenters. The molecule has 3 rings (SSSR count). The standard InChI is InChI=1S/C12H11N5O4/c1-6-8(12(19)20)3-7(21-6)5-17-11(18)9-4-13-16(2)10(9)14-15-17/h3-4H,5H2,1-2H3,(H,19,20). The highest BCUT2D eigenvalue weighted by Crippen LogP contribution is 2.15. The maximum absolute atomic E-state index is 12.2. The Morgan fingerprint density at radius 1 is 1.48 bits per heavy atom. The number of hydrogen-bond donors (Lipinski definition) is 1. The summed E-state index contributed by atoms with van der Waals surface area (Å²) in [5, 5.41) is 21.0. The normalized spacial score (nSPS) is 11.1. The number of furan rings is 1. The number of fused-ring (bicyclic) bond motifs is 1. The highest BCUT2D eigenvalue weighted by atomic mass is 16.4. The van der Waals surface area contributed by atoms with Crippen molar-refractivity contribution in [1.82, 2.24) is 24.8 Å². The summed E-state index contributed by atoms with van der Waals surface area (Å²) in [6, 6.07) is 1.37. The fraction of sp³-hybridized carbons (Fsp3) is 0.250. The quantitative estimate of drug-likeness (QED) is 0.730. The van der Waals surface area contributed by atoms with Crippen LogP contribution in [0.4, 0.5) is 0 Å². The zero-order valence-corrected chi connectivity index (χ0v) is 11.3. The molecule has 1 N–H and O–H groups in total. The second-order valence-electron chi connectivity index (χ2n) is 4.55. The van der Waals surface area contributed by atoms with Gasteiger partial charge in [-0.2, -0.15) is 5.10 Å². The van der Waals surface area contributed by atoms with Crippen LogP contribution in [0.15, 0.2) is 21.5 Å². The predicted octanol–water partition coefficient (Wildman–Crippen LogP) is 0.173. The average Bonchev–Trinajstić information content (AvgIpc) is 2.97. The van der Waals surface area contributed by atoms with Crippen molar-refractivity contribution in [2.75, 3.05) is 0 Å². The molecule has 0 fully saturated rings. The molecule has 108 valence electrons. The molecule has 0 aliphatic rings. The van der Waals surface area contributed by atoms with Gasteiger partial charge in [-0.25, -0.2) is 14.2 Å². The Balaban J connectivity index is 2.02. The summed E-state index contributed by atoms with van der Waals surface area (Å²) in [5.74, 6) is -0.478. The van der Waals surface area contributed by atoms with E-state index in [-0.39, 0.29) is 23.4 Å². The molecule has 0 amide bonds. The van der Waals surface area contributed by atoms with E-state index in [1.165, 1.54) is 16.9 Å². The highest BCUT2D eigenvalue weighted by molar-refractivity contribution is 5.88. The first-order chi connectivity index (χ1) is 9.97. The Kier molecular flexibility index (Phi) is 2.82. The molecule has 0 bridgehead atoms. The van der Waals surface area contributed by atoms with Gasteiger partial charge in [0.1, 0.15) is 29.0 Å². The lowest BCUT2D eigenvalue weighted by molar-refractivity contribution is 0.0695. The minimum absolute atomic E-state index is 0.00475. The van der Waals surface area contributed by atoms with Crippen LogP contribution in [-0.4, -0.2) is 35.9 Å². The number of aromatic carboxylic acids is 1. The van der Waals surface area contributed by atoms with Gasteiger partial charge in [-0.3, -0.25) is 4.79 Å². The molecule has 0 unspecified atom stereocenters. The lowest BCUT2D eigenvalue weighted by Gasteiger charge is -2.00. The molecule has 9 heteroatoms. The van der Waals surface area contributed by atoms with Crippen molar-refractivity contribution in [2.45, 2.75) is 13.5 Å². The third kappa shape index (κ3) is 2.08.